The maximum atomic E-state index is 12.3. The Balaban J connectivity index is 1.88. The molecule has 0 aliphatic carbocycles. The topological polar surface area (TPSA) is 116 Å². The van der Waals surface area contributed by atoms with Crippen molar-refractivity contribution in [3.63, 3.8) is 0 Å². The monoisotopic (exact) mass is 496 g/mol. The van der Waals surface area contributed by atoms with Gasteiger partial charge >= 0.3 is 5.97 Å². The van der Waals surface area contributed by atoms with E-state index < -0.39 is 29.6 Å². The Labute approximate surface area is 181 Å². The number of thioether (sulfide) groups is 1. The first-order valence-corrected chi connectivity index (χ1v) is 10.5. The number of primary amides is 1. The molecule has 1 aliphatic rings. The van der Waals surface area contributed by atoms with Crippen LogP contribution in [0, 0.1) is 0 Å². The molecule has 1 aromatic heterocycles. The number of nitrogens with zero attached hydrogens (tertiary/aromatic N) is 1. The summed E-state index contributed by atoms with van der Waals surface area (Å²) in [4.78, 5) is 48.9. The van der Waals surface area contributed by atoms with Gasteiger partial charge in [-0.3, -0.25) is 19.3 Å². The fraction of sp³-hybridized carbons (Fsp3) is 0.111. The second kappa shape index (κ2) is 8.80. The molecular weight excluding hydrogens is 484 g/mol. The van der Waals surface area contributed by atoms with E-state index >= 15 is 0 Å². The highest BCUT2D eigenvalue weighted by Crippen LogP contribution is 2.39. The number of imide groups is 1. The lowest BCUT2D eigenvalue weighted by Crippen LogP contribution is -2.36. The van der Waals surface area contributed by atoms with Crippen molar-refractivity contribution in [3.05, 3.63) is 49.5 Å². The maximum Gasteiger partial charge on any atom is 0.353 e. The van der Waals surface area contributed by atoms with E-state index in [9.17, 15) is 19.2 Å². The standard InChI is InChI=1S/C18H13BrN2O6S2/c1-26-11-6-9(7-13-16(23)21(8-14(20)22)18(25)29-13)5-10(19)15(11)27-17(24)12-3-2-4-28-12/h2-7H,8H2,1H3,(H2,20,22)/b13-7-. The number of hydrogen-bond donors (Lipinski definition) is 1. The van der Waals surface area contributed by atoms with Crippen molar-refractivity contribution >= 4 is 68.1 Å². The largest absolute Gasteiger partial charge is 0.493 e. The fourth-order valence-corrected chi connectivity index (χ4v) is 4.38. The van der Waals surface area contributed by atoms with E-state index in [4.69, 9.17) is 15.2 Å². The Hall–Kier alpha value is -2.63. The smallest absolute Gasteiger partial charge is 0.353 e. The fourth-order valence-electron chi connectivity index (χ4n) is 2.40. The Kier molecular flexibility index (Phi) is 6.40. The first-order valence-electron chi connectivity index (χ1n) is 7.97. The van der Waals surface area contributed by atoms with Crippen molar-refractivity contribution in [2.45, 2.75) is 0 Å². The molecule has 3 rings (SSSR count). The van der Waals surface area contributed by atoms with Gasteiger partial charge in [0, 0.05) is 0 Å². The quantitative estimate of drug-likeness (QED) is 0.370. The van der Waals surface area contributed by atoms with Gasteiger partial charge < -0.3 is 15.2 Å². The number of hydrogen-bond acceptors (Lipinski definition) is 8. The normalized spacial score (nSPS) is 15.1. The number of amides is 3. The highest BCUT2D eigenvalue weighted by Gasteiger charge is 2.36. The third-order valence-corrected chi connectivity index (χ3v) is 6.00. The number of carbonyl (C=O) groups is 4. The molecule has 2 N–H and O–H groups in total. The lowest BCUT2D eigenvalue weighted by molar-refractivity contribution is -0.127. The zero-order chi connectivity index (χ0) is 21.1. The van der Waals surface area contributed by atoms with Gasteiger partial charge in [-0.05, 0) is 62.9 Å². The number of nitrogens with two attached hydrogens (primary N) is 1. The second-order valence-electron chi connectivity index (χ2n) is 5.64. The van der Waals surface area contributed by atoms with Crippen LogP contribution in [0.2, 0.25) is 0 Å². The van der Waals surface area contributed by atoms with Gasteiger partial charge in [-0.15, -0.1) is 11.3 Å². The first-order chi connectivity index (χ1) is 13.8. The van der Waals surface area contributed by atoms with Crippen LogP contribution in [0.3, 0.4) is 0 Å². The van der Waals surface area contributed by atoms with Crippen molar-refractivity contribution in [2.75, 3.05) is 13.7 Å². The van der Waals surface area contributed by atoms with Crippen LogP contribution in [0.5, 0.6) is 11.5 Å². The summed E-state index contributed by atoms with van der Waals surface area (Å²) in [5.41, 5.74) is 5.59. The van der Waals surface area contributed by atoms with Crippen LogP contribution in [-0.2, 0) is 9.59 Å². The summed E-state index contributed by atoms with van der Waals surface area (Å²) >= 11 is 5.29. The average molecular weight is 497 g/mol. The van der Waals surface area contributed by atoms with E-state index in [0.717, 1.165) is 4.90 Å². The molecule has 1 aliphatic heterocycles. The first kappa shape index (κ1) is 21.1. The molecule has 0 radical (unpaired) electrons. The zero-order valence-electron chi connectivity index (χ0n) is 14.8. The van der Waals surface area contributed by atoms with Crippen molar-refractivity contribution in [1.29, 1.82) is 0 Å². The molecule has 0 bridgehead atoms. The minimum Gasteiger partial charge on any atom is -0.493 e. The van der Waals surface area contributed by atoms with E-state index in [1.54, 1.807) is 29.6 Å². The van der Waals surface area contributed by atoms with Gasteiger partial charge in [0.1, 0.15) is 11.4 Å². The molecule has 1 saturated heterocycles. The lowest BCUT2D eigenvalue weighted by Gasteiger charge is -2.12. The minimum absolute atomic E-state index is 0.133. The van der Waals surface area contributed by atoms with Gasteiger partial charge in [0.2, 0.25) is 5.91 Å². The molecule has 0 atom stereocenters. The molecule has 29 heavy (non-hydrogen) atoms. The predicted octanol–water partition coefficient (Wildman–Crippen LogP) is 3.26. The Morgan fingerprint density at radius 3 is 2.69 bits per heavy atom. The number of esters is 1. The van der Waals surface area contributed by atoms with Gasteiger partial charge in [-0.2, -0.15) is 0 Å². The molecule has 8 nitrogen and oxygen atoms in total. The number of thiophene rings is 1. The van der Waals surface area contributed by atoms with Gasteiger partial charge in [-0.1, -0.05) is 6.07 Å². The highest BCUT2D eigenvalue weighted by molar-refractivity contribution is 9.10. The second-order valence-corrected chi connectivity index (χ2v) is 8.43. The summed E-state index contributed by atoms with van der Waals surface area (Å²) in [6, 6.07) is 6.55. The molecule has 1 fully saturated rings. The molecule has 11 heteroatoms. The van der Waals surface area contributed by atoms with Crippen LogP contribution >= 0.6 is 39.0 Å². The Morgan fingerprint density at radius 1 is 1.31 bits per heavy atom. The Bertz CT molecular complexity index is 1040. The van der Waals surface area contributed by atoms with E-state index in [1.807, 2.05) is 0 Å². The maximum absolute atomic E-state index is 12.3. The SMILES string of the molecule is COc1cc(/C=C2\SC(=O)N(CC(N)=O)C2=O)cc(Br)c1OC(=O)c1cccs1. The number of carbonyl (C=O) groups excluding carboxylic acids is 4. The van der Waals surface area contributed by atoms with Crippen LogP contribution < -0.4 is 15.2 Å². The molecule has 0 unspecified atom stereocenters. The number of methoxy groups -OCH3 is 1. The summed E-state index contributed by atoms with van der Waals surface area (Å²) in [5.74, 6) is -1.48. The third-order valence-electron chi connectivity index (χ3n) is 3.65. The van der Waals surface area contributed by atoms with Crippen LogP contribution in [-0.4, -0.2) is 41.6 Å². The van der Waals surface area contributed by atoms with Gasteiger partial charge in [-0.25, -0.2) is 4.79 Å². The molecule has 1 aromatic carbocycles. The average Bonchev–Trinajstić information content (AvgIpc) is 3.28. The third kappa shape index (κ3) is 4.69. The number of rotatable bonds is 6. The van der Waals surface area contributed by atoms with Gasteiger partial charge in [0.25, 0.3) is 11.1 Å². The molecule has 2 heterocycles. The van der Waals surface area contributed by atoms with Gasteiger partial charge in [0.05, 0.1) is 16.5 Å². The van der Waals surface area contributed by atoms with E-state index in [-0.39, 0.29) is 16.4 Å². The summed E-state index contributed by atoms with van der Waals surface area (Å²) in [6.07, 6.45) is 1.48. The molecular formula is C18H13BrN2O6S2. The highest BCUT2D eigenvalue weighted by atomic mass is 79.9. The number of halogens is 1. The van der Waals surface area contributed by atoms with Crippen molar-refractivity contribution in [2.24, 2.45) is 5.73 Å². The van der Waals surface area contributed by atoms with Gasteiger partial charge in [0.15, 0.2) is 11.5 Å². The zero-order valence-corrected chi connectivity index (χ0v) is 18.1. The summed E-state index contributed by atoms with van der Waals surface area (Å²) in [7, 11) is 1.41. The number of ether oxygens (including phenoxy) is 2. The van der Waals surface area contributed by atoms with Crippen LogP contribution in [0.1, 0.15) is 15.2 Å². The molecule has 0 saturated carbocycles. The van der Waals surface area contributed by atoms with Crippen molar-refractivity contribution < 1.29 is 28.7 Å². The molecule has 2 aromatic rings. The van der Waals surface area contributed by atoms with Crippen LogP contribution in [0.4, 0.5) is 4.79 Å². The summed E-state index contributed by atoms with van der Waals surface area (Å²) in [6.45, 7) is -0.480. The van der Waals surface area contributed by atoms with E-state index in [2.05, 4.69) is 15.9 Å². The lowest BCUT2D eigenvalue weighted by atomic mass is 10.2. The van der Waals surface area contributed by atoms with Crippen LogP contribution in [0.15, 0.2) is 39.0 Å². The van der Waals surface area contributed by atoms with Crippen molar-refractivity contribution in [1.82, 2.24) is 4.90 Å². The summed E-state index contributed by atoms with van der Waals surface area (Å²) < 4.78 is 11.2. The predicted molar refractivity (Wildman–Crippen MR) is 112 cm³/mol. The Morgan fingerprint density at radius 2 is 2.07 bits per heavy atom. The molecule has 3 amide bonds. The molecule has 0 spiro atoms. The summed E-state index contributed by atoms with van der Waals surface area (Å²) in [5, 5.41) is 1.18. The van der Waals surface area contributed by atoms with E-state index in [1.165, 1.54) is 24.5 Å². The number of benzene rings is 1. The van der Waals surface area contributed by atoms with E-state index in [0.29, 0.717) is 26.7 Å². The van der Waals surface area contributed by atoms with Crippen LogP contribution in [0.25, 0.3) is 6.08 Å². The minimum atomic E-state index is -0.783. The van der Waals surface area contributed by atoms with Crippen molar-refractivity contribution in [3.8, 4) is 11.5 Å². The molecule has 150 valence electrons.